The van der Waals surface area contributed by atoms with E-state index in [9.17, 15) is 24.3 Å². The van der Waals surface area contributed by atoms with Crippen LogP contribution in [0.1, 0.15) is 11.1 Å². The first-order valence-corrected chi connectivity index (χ1v) is 12.2. The van der Waals surface area contributed by atoms with Gasteiger partial charge in [-0.2, -0.15) is 0 Å². The maximum atomic E-state index is 12.4. The Morgan fingerprint density at radius 1 is 0.775 bits per heavy atom. The van der Waals surface area contributed by atoms with Crippen LogP contribution in [0.15, 0.2) is 60.7 Å². The molecule has 2 unspecified atom stereocenters. The Morgan fingerprint density at radius 3 is 1.77 bits per heavy atom. The van der Waals surface area contributed by atoms with Crippen molar-refractivity contribution in [3.8, 4) is 0 Å². The molecule has 220 valence electrons. The minimum Gasteiger partial charge on any atom is -0.480 e. The van der Waals surface area contributed by atoms with Crippen molar-refractivity contribution >= 4 is 48.9 Å². The van der Waals surface area contributed by atoms with Crippen molar-refractivity contribution in [2.75, 3.05) is 39.3 Å². The summed E-state index contributed by atoms with van der Waals surface area (Å²) in [4.78, 5) is 49.0. The van der Waals surface area contributed by atoms with Crippen molar-refractivity contribution in [3.05, 3.63) is 71.8 Å². The first kappa shape index (κ1) is 34.4. The van der Waals surface area contributed by atoms with Gasteiger partial charge in [-0.05, 0) is 11.1 Å². The van der Waals surface area contributed by atoms with Gasteiger partial charge < -0.3 is 35.2 Å². The van der Waals surface area contributed by atoms with Gasteiger partial charge in [0.05, 0.1) is 6.54 Å². The van der Waals surface area contributed by atoms with Crippen molar-refractivity contribution in [3.63, 3.8) is 0 Å². The van der Waals surface area contributed by atoms with Gasteiger partial charge in [-0.25, -0.2) is 14.4 Å². The van der Waals surface area contributed by atoms with Crippen LogP contribution in [0.3, 0.4) is 0 Å². The monoisotopic (exact) mass is 600 g/mol. The van der Waals surface area contributed by atoms with Gasteiger partial charge in [0.1, 0.15) is 19.3 Å². The molecule has 0 spiro atoms. The number of carboxylic acids is 2. The highest BCUT2D eigenvalue weighted by Crippen LogP contribution is 2.15. The van der Waals surface area contributed by atoms with E-state index in [0.29, 0.717) is 6.54 Å². The fourth-order valence-corrected chi connectivity index (χ4v) is 3.82. The number of ether oxygens (including phenoxy) is 2. The Morgan fingerprint density at radius 2 is 1.32 bits per heavy atom. The third kappa shape index (κ3) is 10.9. The Bertz CT molecular complexity index is 1070. The molecule has 12 nitrogen and oxygen atoms in total. The molecule has 2 aliphatic rings. The standard InChI is InChI=1S/C21H22N2O6.C5H10N2O2.2ClH/c24-19(25)18-13-22(20(26)28-14-16-7-3-1-4-8-16)11-12-23(18)21(27)29-15-17-9-5-2-6-10-17;8-5(9)4-3-6-1-2-7-4;;/h1-10,18H,11-15H2,(H,24,25);4,6-7H,1-3H2,(H,8,9);2*1H. The van der Waals surface area contributed by atoms with Crippen molar-refractivity contribution in [2.24, 2.45) is 0 Å². The van der Waals surface area contributed by atoms with E-state index in [0.717, 1.165) is 29.1 Å². The second-order valence-corrected chi connectivity index (χ2v) is 8.62. The number of hydrogen-bond donors (Lipinski definition) is 4. The topological polar surface area (TPSA) is 158 Å². The number of aliphatic carboxylic acids is 2. The van der Waals surface area contributed by atoms with Crippen LogP contribution in [0.25, 0.3) is 0 Å². The second-order valence-electron chi connectivity index (χ2n) is 8.62. The molecule has 40 heavy (non-hydrogen) atoms. The minimum atomic E-state index is -1.21. The fourth-order valence-electron chi connectivity index (χ4n) is 3.82. The summed E-state index contributed by atoms with van der Waals surface area (Å²) in [5.41, 5.74) is 1.63. The number of halogens is 2. The number of benzene rings is 2. The van der Waals surface area contributed by atoms with E-state index in [-0.39, 0.29) is 57.7 Å². The van der Waals surface area contributed by atoms with Crippen LogP contribution in [0.2, 0.25) is 0 Å². The van der Waals surface area contributed by atoms with Gasteiger partial charge in [0.15, 0.2) is 6.04 Å². The van der Waals surface area contributed by atoms with E-state index in [2.05, 4.69) is 10.6 Å². The summed E-state index contributed by atoms with van der Waals surface area (Å²) in [6.07, 6.45) is -1.34. The fraction of sp³-hybridized carbons (Fsp3) is 0.385. The van der Waals surface area contributed by atoms with Gasteiger partial charge in [0, 0.05) is 32.7 Å². The smallest absolute Gasteiger partial charge is 0.410 e. The predicted molar refractivity (Wildman–Crippen MR) is 150 cm³/mol. The number of carbonyl (C=O) groups is 4. The van der Waals surface area contributed by atoms with Crippen LogP contribution in [0.5, 0.6) is 0 Å². The molecule has 2 heterocycles. The minimum absolute atomic E-state index is 0. The van der Waals surface area contributed by atoms with E-state index in [1.807, 2.05) is 60.7 Å². The number of rotatable bonds is 6. The number of nitrogens with zero attached hydrogens (tertiary/aromatic N) is 2. The van der Waals surface area contributed by atoms with Crippen LogP contribution in [0.4, 0.5) is 9.59 Å². The molecule has 0 aromatic heterocycles. The summed E-state index contributed by atoms with van der Waals surface area (Å²) in [5, 5.41) is 23.8. The van der Waals surface area contributed by atoms with E-state index in [1.54, 1.807) is 0 Å². The molecule has 2 aromatic rings. The zero-order valence-corrected chi connectivity index (χ0v) is 23.3. The molecule has 4 N–H and O–H groups in total. The Kier molecular flexibility index (Phi) is 15.4. The molecule has 14 heteroatoms. The maximum absolute atomic E-state index is 12.4. The molecule has 0 bridgehead atoms. The van der Waals surface area contributed by atoms with Crippen molar-refractivity contribution in [1.82, 2.24) is 20.4 Å². The average molecular weight is 601 g/mol. The summed E-state index contributed by atoms with van der Waals surface area (Å²) in [6, 6.07) is 16.7. The molecule has 2 fully saturated rings. The highest BCUT2D eigenvalue weighted by atomic mass is 35.5. The van der Waals surface area contributed by atoms with E-state index >= 15 is 0 Å². The highest BCUT2D eigenvalue weighted by molar-refractivity contribution is 5.85. The lowest BCUT2D eigenvalue weighted by atomic mass is 10.2. The SMILES string of the molecule is Cl.Cl.O=C(O)C1CN(C(=O)OCc2ccccc2)CCN1C(=O)OCc1ccccc1.O=C(O)C1CNCCN1. The van der Waals surface area contributed by atoms with Gasteiger partial charge in [-0.3, -0.25) is 9.69 Å². The molecule has 0 saturated carbocycles. The van der Waals surface area contributed by atoms with Gasteiger partial charge in [-0.1, -0.05) is 60.7 Å². The summed E-state index contributed by atoms with van der Waals surface area (Å²) >= 11 is 0. The molecule has 2 saturated heterocycles. The van der Waals surface area contributed by atoms with Crippen LogP contribution in [0, 0.1) is 0 Å². The molecule has 0 aliphatic carbocycles. The molecule has 2 aliphatic heterocycles. The number of carboxylic acid groups (broad SMARTS) is 2. The second kappa shape index (κ2) is 17.9. The van der Waals surface area contributed by atoms with Crippen molar-refractivity contribution in [1.29, 1.82) is 0 Å². The third-order valence-electron chi connectivity index (χ3n) is 5.91. The van der Waals surface area contributed by atoms with Gasteiger partial charge in [-0.15, -0.1) is 24.8 Å². The first-order valence-electron chi connectivity index (χ1n) is 12.2. The number of nitrogens with one attached hydrogen (secondary N) is 2. The molecular weight excluding hydrogens is 567 g/mol. The maximum Gasteiger partial charge on any atom is 0.410 e. The summed E-state index contributed by atoms with van der Waals surface area (Å²) in [7, 11) is 0. The number of carbonyl (C=O) groups excluding carboxylic acids is 2. The number of amides is 2. The predicted octanol–water partition coefficient (Wildman–Crippen LogP) is 2.21. The van der Waals surface area contributed by atoms with E-state index < -0.39 is 36.2 Å². The highest BCUT2D eigenvalue weighted by Gasteiger charge is 2.38. The molecule has 2 atom stereocenters. The van der Waals surface area contributed by atoms with E-state index in [4.69, 9.17) is 14.6 Å². The zero-order chi connectivity index (χ0) is 27.3. The average Bonchev–Trinajstić information content (AvgIpc) is 2.96. The number of piperazine rings is 2. The molecule has 2 aromatic carbocycles. The Balaban J connectivity index is 0.000000622. The van der Waals surface area contributed by atoms with Gasteiger partial charge in [0.2, 0.25) is 0 Å². The van der Waals surface area contributed by atoms with Gasteiger partial charge >= 0.3 is 24.1 Å². The molecule has 0 radical (unpaired) electrons. The molecule has 4 rings (SSSR count). The third-order valence-corrected chi connectivity index (χ3v) is 5.91. The summed E-state index contributed by atoms with van der Waals surface area (Å²) < 4.78 is 10.5. The van der Waals surface area contributed by atoms with Crippen LogP contribution < -0.4 is 10.6 Å². The van der Waals surface area contributed by atoms with Crippen molar-refractivity contribution < 1.29 is 38.9 Å². The normalized spacial score (nSPS) is 18.0. The number of hydrogen-bond acceptors (Lipinski definition) is 8. The summed E-state index contributed by atoms with van der Waals surface area (Å²) in [6.45, 7) is 2.34. The lowest BCUT2D eigenvalue weighted by molar-refractivity contribution is -0.144. The van der Waals surface area contributed by atoms with E-state index in [1.165, 1.54) is 4.90 Å². The summed E-state index contributed by atoms with van der Waals surface area (Å²) in [5.74, 6) is -1.98. The zero-order valence-electron chi connectivity index (χ0n) is 21.6. The van der Waals surface area contributed by atoms with Crippen LogP contribution in [-0.2, 0) is 32.3 Å². The Labute approximate surface area is 244 Å². The van der Waals surface area contributed by atoms with Crippen molar-refractivity contribution in [2.45, 2.75) is 25.3 Å². The first-order chi connectivity index (χ1) is 18.3. The van der Waals surface area contributed by atoms with Gasteiger partial charge in [0.25, 0.3) is 0 Å². The lowest BCUT2D eigenvalue weighted by Gasteiger charge is -2.37. The quantitative estimate of drug-likeness (QED) is 0.387. The Hall–Kier alpha value is -3.58. The molecular formula is C26H34Cl2N4O8. The lowest BCUT2D eigenvalue weighted by Crippen LogP contribution is -2.59. The van der Waals surface area contributed by atoms with Crippen LogP contribution in [-0.4, -0.2) is 95.5 Å². The molecule has 2 amide bonds. The van der Waals surface area contributed by atoms with Crippen LogP contribution >= 0.6 is 24.8 Å². The largest absolute Gasteiger partial charge is 0.480 e.